The van der Waals surface area contributed by atoms with Crippen molar-refractivity contribution in [1.82, 2.24) is 15.3 Å². The molecular formula is C13H19N3. The lowest BCUT2D eigenvalue weighted by Gasteiger charge is -2.18. The van der Waals surface area contributed by atoms with Crippen LogP contribution in [0.3, 0.4) is 0 Å². The van der Waals surface area contributed by atoms with Crippen LogP contribution in [-0.4, -0.2) is 16.5 Å². The van der Waals surface area contributed by atoms with Gasteiger partial charge in [0.1, 0.15) is 0 Å². The minimum atomic E-state index is 0.439. The van der Waals surface area contributed by atoms with Crippen LogP contribution in [0, 0.1) is 17.8 Å². The molecule has 0 aliphatic heterocycles. The van der Waals surface area contributed by atoms with Crippen LogP contribution in [0.2, 0.25) is 0 Å². The van der Waals surface area contributed by atoms with E-state index in [9.17, 15) is 0 Å². The lowest BCUT2D eigenvalue weighted by molar-refractivity contribution is 0.417. The Hall–Kier alpha value is -0.960. The summed E-state index contributed by atoms with van der Waals surface area (Å²) in [4.78, 5) is 8.65. The SMILES string of the molecule is CCNC(c1cnccn1)C1C2CCCC21. The van der Waals surface area contributed by atoms with Gasteiger partial charge >= 0.3 is 0 Å². The molecule has 3 rings (SSSR count). The number of nitrogens with one attached hydrogen (secondary N) is 1. The third-order valence-corrected chi connectivity index (χ3v) is 4.18. The Balaban J connectivity index is 1.77. The first-order valence-corrected chi connectivity index (χ1v) is 6.41. The molecule has 3 heteroatoms. The van der Waals surface area contributed by atoms with E-state index in [0.717, 1.165) is 30.0 Å². The molecule has 2 aliphatic rings. The number of aromatic nitrogens is 2. The molecule has 3 unspecified atom stereocenters. The maximum Gasteiger partial charge on any atom is 0.0759 e. The lowest BCUT2D eigenvalue weighted by Crippen LogP contribution is -2.25. The smallest absolute Gasteiger partial charge is 0.0759 e. The number of nitrogens with zero attached hydrogens (tertiary/aromatic N) is 2. The summed E-state index contributed by atoms with van der Waals surface area (Å²) in [5.74, 6) is 2.75. The van der Waals surface area contributed by atoms with Crippen molar-refractivity contribution in [3.05, 3.63) is 24.3 Å². The minimum Gasteiger partial charge on any atom is -0.309 e. The van der Waals surface area contributed by atoms with E-state index in [0.29, 0.717) is 6.04 Å². The monoisotopic (exact) mass is 217 g/mol. The Labute approximate surface area is 96.7 Å². The van der Waals surface area contributed by atoms with Gasteiger partial charge in [0.25, 0.3) is 0 Å². The molecule has 3 atom stereocenters. The summed E-state index contributed by atoms with van der Waals surface area (Å²) >= 11 is 0. The molecule has 0 saturated heterocycles. The Morgan fingerprint density at radius 2 is 2.19 bits per heavy atom. The normalized spacial score (nSPS) is 33.4. The van der Waals surface area contributed by atoms with Crippen molar-refractivity contribution in [3.8, 4) is 0 Å². The molecule has 0 aromatic carbocycles. The molecule has 1 heterocycles. The summed E-state index contributed by atoms with van der Waals surface area (Å²) in [7, 11) is 0. The average molecular weight is 217 g/mol. The highest BCUT2D eigenvalue weighted by Crippen LogP contribution is 2.61. The van der Waals surface area contributed by atoms with Gasteiger partial charge in [-0.25, -0.2) is 0 Å². The second kappa shape index (κ2) is 4.13. The highest BCUT2D eigenvalue weighted by atomic mass is 15.0. The lowest BCUT2D eigenvalue weighted by atomic mass is 10.0. The maximum absolute atomic E-state index is 4.46. The zero-order valence-corrected chi connectivity index (χ0v) is 9.76. The zero-order chi connectivity index (χ0) is 11.0. The first-order chi connectivity index (χ1) is 7.92. The van der Waals surface area contributed by atoms with E-state index in [1.807, 2.05) is 6.20 Å². The van der Waals surface area contributed by atoms with E-state index >= 15 is 0 Å². The van der Waals surface area contributed by atoms with Gasteiger partial charge in [-0.2, -0.15) is 0 Å². The first-order valence-electron chi connectivity index (χ1n) is 6.41. The van der Waals surface area contributed by atoms with Crippen LogP contribution >= 0.6 is 0 Å². The summed E-state index contributed by atoms with van der Waals surface area (Å²) in [6, 6.07) is 0.439. The highest BCUT2D eigenvalue weighted by molar-refractivity contribution is 5.14. The fraction of sp³-hybridized carbons (Fsp3) is 0.692. The van der Waals surface area contributed by atoms with Crippen molar-refractivity contribution < 1.29 is 0 Å². The van der Waals surface area contributed by atoms with Crippen LogP contribution in [0.5, 0.6) is 0 Å². The van der Waals surface area contributed by atoms with Crippen molar-refractivity contribution >= 4 is 0 Å². The minimum absolute atomic E-state index is 0.439. The van der Waals surface area contributed by atoms with Gasteiger partial charge in [0.05, 0.1) is 11.7 Å². The van der Waals surface area contributed by atoms with Gasteiger partial charge in [-0.3, -0.25) is 9.97 Å². The molecule has 1 aromatic heterocycles. The Morgan fingerprint density at radius 1 is 1.38 bits per heavy atom. The maximum atomic E-state index is 4.46. The number of fused-ring (bicyclic) bond motifs is 1. The van der Waals surface area contributed by atoms with E-state index in [2.05, 4.69) is 22.2 Å². The van der Waals surface area contributed by atoms with Crippen LogP contribution in [0.25, 0.3) is 0 Å². The Kier molecular flexibility index (Phi) is 2.64. The van der Waals surface area contributed by atoms with Crippen LogP contribution in [0.1, 0.15) is 37.9 Å². The van der Waals surface area contributed by atoms with Gasteiger partial charge in [0, 0.05) is 18.6 Å². The fourth-order valence-corrected chi connectivity index (χ4v) is 3.50. The molecule has 16 heavy (non-hydrogen) atoms. The van der Waals surface area contributed by atoms with Crippen molar-refractivity contribution in [1.29, 1.82) is 0 Å². The summed E-state index contributed by atoms with van der Waals surface area (Å²) < 4.78 is 0. The van der Waals surface area contributed by atoms with E-state index in [4.69, 9.17) is 0 Å². The molecule has 0 amide bonds. The largest absolute Gasteiger partial charge is 0.309 e. The second-order valence-electron chi connectivity index (χ2n) is 5.00. The van der Waals surface area contributed by atoms with Crippen LogP contribution in [0.4, 0.5) is 0 Å². The van der Waals surface area contributed by atoms with Crippen LogP contribution < -0.4 is 5.32 Å². The molecule has 0 radical (unpaired) electrons. The van der Waals surface area contributed by atoms with E-state index in [1.165, 1.54) is 19.3 Å². The third-order valence-electron chi connectivity index (χ3n) is 4.18. The molecule has 2 saturated carbocycles. The van der Waals surface area contributed by atoms with Gasteiger partial charge in [0.2, 0.25) is 0 Å². The molecule has 1 N–H and O–H groups in total. The van der Waals surface area contributed by atoms with Gasteiger partial charge in [-0.1, -0.05) is 13.3 Å². The summed E-state index contributed by atoms with van der Waals surface area (Å²) in [5, 5.41) is 3.59. The van der Waals surface area contributed by atoms with Gasteiger partial charge in [-0.05, 0) is 37.1 Å². The average Bonchev–Trinajstić information content (AvgIpc) is 2.80. The predicted octanol–water partition coefficient (Wildman–Crippen LogP) is 2.17. The highest BCUT2D eigenvalue weighted by Gasteiger charge is 2.56. The number of hydrogen-bond donors (Lipinski definition) is 1. The van der Waals surface area contributed by atoms with Gasteiger partial charge in [0.15, 0.2) is 0 Å². The van der Waals surface area contributed by atoms with Crippen LogP contribution in [-0.2, 0) is 0 Å². The molecule has 86 valence electrons. The van der Waals surface area contributed by atoms with E-state index < -0.39 is 0 Å². The molecule has 3 nitrogen and oxygen atoms in total. The number of hydrogen-bond acceptors (Lipinski definition) is 3. The topological polar surface area (TPSA) is 37.8 Å². The predicted molar refractivity (Wildman–Crippen MR) is 62.8 cm³/mol. The van der Waals surface area contributed by atoms with Crippen molar-refractivity contribution in [2.45, 2.75) is 32.2 Å². The zero-order valence-electron chi connectivity index (χ0n) is 9.76. The standard InChI is InChI=1S/C13H19N3/c1-2-15-13(11-8-14-6-7-16-11)12-9-4-3-5-10(9)12/h6-10,12-13,15H,2-5H2,1H3. The van der Waals surface area contributed by atoms with Crippen molar-refractivity contribution in [3.63, 3.8) is 0 Å². The van der Waals surface area contributed by atoms with E-state index in [1.54, 1.807) is 12.4 Å². The Bertz CT molecular complexity index is 341. The molecular weight excluding hydrogens is 198 g/mol. The quantitative estimate of drug-likeness (QED) is 0.840. The van der Waals surface area contributed by atoms with E-state index in [-0.39, 0.29) is 0 Å². The number of rotatable bonds is 4. The molecule has 2 aliphatic carbocycles. The van der Waals surface area contributed by atoms with Gasteiger partial charge < -0.3 is 5.32 Å². The summed E-state index contributed by atoms with van der Waals surface area (Å²) in [6.45, 7) is 3.18. The fourth-order valence-electron chi connectivity index (χ4n) is 3.50. The first kappa shape index (κ1) is 10.2. The third kappa shape index (κ3) is 1.63. The molecule has 0 spiro atoms. The molecule has 1 aromatic rings. The van der Waals surface area contributed by atoms with Crippen LogP contribution in [0.15, 0.2) is 18.6 Å². The van der Waals surface area contributed by atoms with Gasteiger partial charge in [-0.15, -0.1) is 0 Å². The molecule has 0 bridgehead atoms. The molecule has 2 fully saturated rings. The Morgan fingerprint density at radius 3 is 2.81 bits per heavy atom. The van der Waals surface area contributed by atoms with Crippen molar-refractivity contribution in [2.24, 2.45) is 17.8 Å². The van der Waals surface area contributed by atoms with Crippen molar-refractivity contribution in [2.75, 3.05) is 6.54 Å². The summed E-state index contributed by atoms with van der Waals surface area (Å²) in [5.41, 5.74) is 1.13. The second-order valence-corrected chi connectivity index (χ2v) is 5.00. The summed E-state index contributed by atoms with van der Waals surface area (Å²) in [6.07, 6.45) is 9.76.